The Morgan fingerprint density at radius 1 is 0.875 bits per heavy atom. The van der Waals surface area contributed by atoms with Gasteiger partial charge >= 0.3 is 0 Å². The molecule has 2 rings (SSSR count). The largest absolute Gasteiger partial charge is 0.0616 e. The van der Waals surface area contributed by atoms with Crippen LogP contribution >= 0.6 is 0 Å². The van der Waals surface area contributed by atoms with E-state index in [1.807, 2.05) is 0 Å². The lowest BCUT2D eigenvalue weighted by Gasteiger charge is -2.24. The standard InChI is InChI=1S/C16H20/c1-11-10-15(16(3,4)5)12(2)14-9-7-6-8-13(11)14/h6-10H,1-5H3. The normalized spacial score (nSPS) is 12.1. The highest BCUT2D eigenvalue weighted by molar-refractivity contribution is 5.89. The second-order valence-electron chi connectivity index (χ2n) is 5.66. The molecule has 0 atom stereocenters. The summed E-state index contributed by atoms with van der Waals surface area (Å²) in [5, 5.41) is 2.78. The lowest BCUT2D eigenvalue weighted by atomic mass is 9.81. The predicted molar refractivity (Wildman–Crippen MR) is 72.1 cm³/mol. The molecule has 0 unspecified atom stereocenters. The quantitative estimate of drug-likeness (QED) is 0.591. The lowest BCUT2D eigenvalue weighted by Crippen LogP contribution is -2.13. The molecule has 0 nitrogen and oxygen atoms in total. The van der Waals surface area contributed by atoms with Crippen LogP contribution in [0.2, 0.25) is 0 Å². The highest BCUT2D eigenvalue weighted by atomic mass is 14.2. The Hall–Kier alpha value is -1.30. The zero-order valence-corrected chi connectivity index (χ0v) is 10.9. The van der Waals surface area contributed by atoms with Gasteiger partial charge in [0.15, 0.2) is 0 Å². The molecule has 0 radical (unpaired) electrons. The van der Waals surface area contributed by atoms with Crippen LogP contribution in [-0.4, -0.2) is 0 Å². The van der Waals surface area contributed by atoms with Crippen LogP contribution in [0.5, 0.6) is 0 Å². The molecule has 0 N–H and O–H groups in total. The van der Waals surface area contributed by atoms with E-state index in [4.69, 9.17) is 0 Å². The summed E-state index contributed by atoms with van der Waals surface area (Å²) in [7, 11) is 0. The number of benzene rings is 2. The second-order valence-corrected chi connectivity index (χ2v) is 5.66. The molecule has 0 heteroatoms. The van der Waals surface area contributed by atoms with Crippen LogP contribution in [0.25, 0.3) is 10.8 Å². The first-order valence-electron chi connectivity index (χ1n) is 5.90. The van der Waals surface area contributed by atoms with E-state index in [9.17, 15) is 0 Å². The van der Waals surface area contributed by atoms with Gasteiger partial charge in [-0.05, 0) is 46.7 Å². The number of aryl methyl sites for hydroxylation is 2. The summed E-state index contributed by atoms with van der Waals surface area (Å²) in [5.74, 6) is 0. The summed E-state index contributed by atoms with van der Waals surface area (Å²) in [6.45, 7) is 11.3. The summed E-state index contributed by atoms with van der Waals surface area (Å²) in [6, 6.07) is 11.0. The van der Waals surface area contributed by atoms with Crippen LogP contribution < -0.4 is 0 Å². The summed E-state index contributed by atoms with van der Waals surface area (Å²) in [4.78, 5) is 0. The molecule has 16 heavy (non-hydrogen) atoms. The molecule has 0 aliphatic heterocycles. The van der Waals surface area contributed by atoms with E-state index in [-0.39, 0.29) is 5.41 Å². The number of rotatable bonds is 0. The van der Waals surface area contributed by atoms with Crippen LogP contribution in [0.15, 0.2) is 30.3 Å². The second kappa shape index (κ2) is 3.62. The molecule has 0 aromatic heterocycles. The zero-order valence-electron chi connectivity index (χ0n) is 10.9. The van der Waals surface area contributed by atoms with Crippen molar-refractivity contribution < 1.29 is 0 Å². The van der Waals surface area contributed by atoms with Gasteiger partial charge in [0.2, 0.25) is 0 Å². The van der Waals surface area contributed by atoms with Crippen LogP contribution in [0.3, 0.4) is 0 Å². The van der Waals surface area contributed by atoms with Crippen LogP contribution in [0, 0.1) is 13.8 Å². The number of fused-ring (bicyclic) bond motifs is 1. The van der Waals surface area contributed by atoms with Crippen LogP contribution in [0.4, 0.5) is 0 Å². The van der Waals surface area contributed by atoms with Crippen molar-refractivity contribution in [1.29, 1.82) is 0 Å². The van der Waals surface area contributed by atoms with Crippen molar-refractivity contribution in [1.82, 2.24) is 0 Å². The van der Waals surface area contributed by atoms with Crippen LogP contribution in [0.1, 0.15) is 37.5 Å². The fraction of sp³-hybridized carbons (Fsp3) is 0.375. The highest BCUT2D eigenvalue weighted by Gasteiger charge is 2.18. The third-order valence-electron chi connectivity index (χ3n) is 3.33. The van der Waals surface area contributed by atoms with Gasteiger partial charge in [0, 0.05) is 0 Å². The smallest absolute Gasteiger partial charge is 0.0129 e. The average molecular weight is 212 g/mol. The molecule has 0 heterocycles. The maximum Gasteiger partial charge on any atom is -0.0129 e. The number of hydrogen-bond donors (Lipinski definition) is 0. The van der Waals surface area contributed by atoms with Gasteiger partial charge in [0.25, 0.3) is 0 Å². The molecule has 0 aliphatic rings. The topological polar surface area (TPSA) is 0 Å². The van der Waals surface area contributed by atoms with Gasteiger partial charge < -0.3 is 0 Å². The van der Waals surface area contributed by atoms with Crippen molar-refractivity contribution >= 4 is 10.8 Å². The van der Waals surface area contributed by atoms with Crippen molar-refractivity contribution in [2.45, 2.75) is 40.0 Å². The molecule has 0 spiro atoms. The minimum absolute atomic E-state index is 0.221. The SMILES string of the molecule is Cc1cc(C(C)(C)C)c(C)c2ccccc12. The summed E-state index contributed by atoms with van der Waals surface area (Å²) in [6.07, 6.45) is 0. The Bertz CT molecular complexity index is 527. The van der Waals surface area contributed by atoms with Crippen molar-refractivity contribution in [2.24, 2.45) is 0 Å². The van der Waals surface area contributed by atoms with E-state index in [0.717, 1.165) is 0 Å². The Morgan fingerprint density at radius 3 is 2.00 bits per heavy atom. The van der Waals surface area contributed by atoms with Crippen molar-refractivity contribution in [2.75, 3.05) is 0 Å². The Morgan fingerprint density at radius 2 is 1.44 bits per heavy atom. The minimum Gasteiger partial charge on any atom is -0.0616 e. The molecule has 0 bridgehead atoms. The van der Waals surface area contributed by atoms with Crippen molar-refractivity contribution in [3.63, 3.8) is 0 Å². The molecule has 2 aromatic carbocycles. The van der Waals surface area contributed by atoms with Gasteiger partial charge in [-0.1, -0.05) is 51.1 Å². The predicted octanol–water partition coefficient (Wildman–Crippen LogP) is 4.75. The van der Waals surface area contributed by atoms with E-state index in [1.54, 1.807) is 0 Å². The molecular formula is C16H20. The van der Waals surface area contributed by atoms with E-state index in [1.165, 1.54) is 27.5 Å². The zero-order chi connectivity index (χ0) is 11.9. The first-order valence-corrected chi connectivity index (χ1v) is 5.90. The van der Waals surface area contributed by atoms with Gasteiger partial charge in [-0.2, -0.15) is 0 Å². The van der Waals surface area contributed by atoms with E-state index in [2.05, 4.69) is 65.0 Å². The summed E-state index contributed by atoms with van der Waals surface area (Å²) < 4.78 is 0. The fourth-order valence-corrected chi connectivity index (χ4v) is 2.48. The van der Waals surface area contributed by atoms with Gasteiger partial charge in [-0.15, -0.1) is 0 Å². The summed E-state index contributed by atoms with van der Waals surface area (Å²) in [5.41, 5.74) is 4.49. The van der Waals surface area contributed by atoms with Crippen molar-refractivity contribution in [3.8, 4) is 0 Å². The van der Waals surface area contributed by atoms with E-state index < -0.39 is 0 Å². The third kappa shape index (κ3) is 1.73. The molecule has 2 aromatic rings. The minimum atomic E-state index is 0.221. The molecule has 0 saturated carbocycles. The Labute approximate surface area is 98.3 Å². The van der Waals surface area contributed by atoms with Gasteiger partial charge in [0.1, 0.15) is 0 Å². The van der Waals surface area contributed by atoms with E-state index >= 15 is 0 Å². The highest BCUT2D eigenvalue weighted by Crippen LogP contribution is 2.32. The molecule has 0 amide bonds. The first kappa shape index (κ1) is 11.2. The third-order valence-corrected chi connectivity index (χ3v) is 3.33. The van der Waals surface area contributed by atoms with Gasteiger partial charge in [-0.25, -0.2) is 0 Å². The monoisotopic (exact) mass is 212 g/mol. The molecule has 0 fully saturated rings. The van der Waals surface area contributed by atoms with Crippen LogP contribution in [-0.2, 0) is 5.41 Å². The first-order chi connectivity index (χ1) is 7.41. The average Bonchev–Trinajstić information content (AvgIpc) is 2.22. The maximum atomic E-state index is 2.34. The molecule has 84 valence electrons. The van der Waals surface area contributed by atoms with Gasteiger partial charge in [-0.3, -0.25) is 0 Å². The molecule has 0 aliphatic carbocycles. The Kier molecular flexibility index (Phi) is 2.53. The molecule has 0 saturated heterocycles. The fourth-order valence-electron chi connectivity index (χ4n) is 2.48. The molecular weight excluding hydrogens is 192 g/mol. The summed E-state index contributed by atoms with van der Waals surface area (Å²) >= 11 is 0. The lowest BCUT2D eigenvalue weighted by molar-refractivity contribution is 0.587. The Balaban J connectivity index is 2.86. The van der Waals surface area contributed by atoms with Crippen molar-refractivity contribution in [3.05, 3.63) is 47.0 Å². The number of hydrogen-bond acceptors (Lipinski definition) is 0. The maximum absolute atomic E-state index is 2.34. The van der Waals surface area contributed by atoms with Gasteiger partial charge in [0.05, 0.1) is 0 Å². The van der Waals surface area contributed by atoms with E-state index in [0.29, 0.717) is 0 Å².